The van der Waals surface area contributed by atoms with Gasteiger partial charge in [0.1, 0.15) is 0 Å². The zero-order chi connectivity index (χ0) is 16.8. The number of carbonyl (C=O) groups excluding carboxylic acids is 1. The summed E-state index contributed by atoms with van der Waals surface area (Å²) >= 11 is 1.65. The fraction of sp³-hybridized carbons (Fsp3) is 0.412. The van der Waals surface area contributed by atoms with Crippen LogP contribution in [0.4, 0.5) is 9.52 Å². The van der Waals surface area contributed by atoms with Gasteiger partial charge in [-0.25, -0.2) is 9.37 Å². The molecule has 0 unspecified atom stereocenters. The molecule has 0 aliphatic carbocycles. The fourth-order valence-corrected chi connectivity index (χ4v) is 3.46. The molecule has 1 aromatic heterocycles. The molecule has 3 rings (SSSR count). The number of nitrogens with zero attached hydrogens (tertiary/aromatic N) is 2. The van der Waals surface area contributed by atoms with Gasteiger partial charge in [-0.3, -0.25) is 4.79 Å². The molecule has 1 aliphatic rings. The van der Waals surface area contributed by atoms with E-state index in [9.17, 15) is 9.18 Å². The van der Waals surface area contributed by atoms with Crippen LogP contribution in [0, 0.1) is 5.82 Å². The lowest BCUT2D eigenvalue weighted by Gasteiger charge is -2.12. The van der Waals surface area contributed by atoms with E-state index in [2.05, 4.69) is 15.2 Å². The Kier molecular flexibility index (Phi) is 5.63. The molecule has 0 saturated carbocycles. The molecular weight excluding hydrogens is 329 g/mol. The standard InChI is InChI=1S/C17H20FN3O2S/c18-14-5-1-2-6-15(14)23-11-16(22)19-8-7-13-12-24-17(20-13)21-9-3-4-10-21/h1-2,5-6,12H,3-4,7-11H2,(H,19,22). The Morgan fingerprint density at radius 1 is 1.33 bits per heavy atom. The highest BCUT2D eigenvalue weighted by Gasteiger charge is 2.15. The van der Waals surface area contributed by atoms with Crippen molar-refractivity contribution in [2.24, 2.45) is 0 Å². The van der Waals surface area contributed by atoms with Crippen LogP contribution in [-0.4, -0.2) is 37.1 Å². The van der Waals surface area contributed by atoms with Gasteiger partial charge in [-0.1, -0.05) is 12.1 Å². The molecule has 128 valence electrons. The highest BCUT2D eigenvalue weighted by Crippen LogP contribution is 2.24. The number of para-hydroxylation sites is 1. The average Bonchev–Trinajstić information content (AvgIpc) is 3.25. The Morgan fingerprint density at radius 2 is 2.12 bits per heavy atom. The minimum Gasteiger partial charge on any atom is -0.481 e. The predicted molar refractivity (Wildman–Crippen MR) is 92.2 cm³/mol. The summed E-state index contributed by atoms with van der Waals surface area (Å²) in [5.74, 6) is -0.655. The highest BCUT2D eigenvalue weighted by atomic mass is 32.1. The monoisotopic (exact) mass is 349 g/mol. The maximum atomic E-state index is 13.4. The number of hydrogen-bond acceptors (Lipinski definition) is 5. The van der Waals surface area contributed by atoms with Gasteiger partial charge in [0.15, 0.2) is 23.3 Å². The molecule has 1 fully saturated rings. The second-order valence-corrected chi connectivity index (χ2v) is 6.47. The van der Waals surface area contributed by atoms with Crippen molar-refractivity contribution in [3.63, 3.8) is 0 Å². The van der Waals surface area contributed by atoms with Crippen molar-refractivity contribution >= 4 is 22.4 Å². The number of rotatable bonds is 7. The van der Waals surface area contributed by atoms with E-state index in [0.717, 1.165) is 23.9 Å². The number of carbonyl (C=O) groups is 1. The molecule has 0 bridgehead atoms. The van der Waals surface area contributed by atoms with Crippen LogP contribution in [0.1, 0.15) is 18.5 Å². The number of thiazole rings is 1. The molecule has 0 radical (unpaired) electrons. The maximum Gasteiger partial charge on any atom is 0.257 e. The van der Waals surface area contributed by atoms with Crippen LogP contribution in [0.25, 0.3) is 0 Å². The summed E-state index contributed by atoms with van der Waals surface area (Å²) < 4.78 is 18.5. The summed E-state index contributed by atoms with van der Waals surface area (Å²) in [5, 5.41) is 5.87. The van der Waals surface area contributed by atoms with Gasteiger partial charge in [-0.15, -0.1) is 11.3 Å². The first-order valence-corrected chi connectivity index (χ1v) is 8.94. The minimum absolute atomic E-state index is 0.0856. The van der Waals surface area contributed by atoms with Crippen LogP contribution in [-0.2, 0) is 11.2 Å². The Hall–Kier alpha value is -2.15. The summed E-state index contributed by atoms with van der Waals surface area (Å²) in [6, 6.07) is 6.04. The summed E-state index contributed by atoms with van der Waals surface area (Å²) in [4.78, 5) is 18.7. The first-order chi connectivity index (χ1) is 11.7. The quantitative estimate of drug-likeness (QED) is 0.835. The predicted octanol–water partition coefficient (Wildman–Crippen LogP) is 2.62. The van der Waals surface area contributed by atoms with Gasteiger partial charge in [-0.2, -0.15) is 0 Å². The third kappa shape index (κ3) is 4.44. The van der Waals surface area contributed by atoms with Gasteiger partial charge >= 0.3 is 0 Å². The smallest absolute Gasteiger partial charge is 0.257 e. The molecule has 0 atom stereocenters. The Balaban J connectivity index is 1.38. The van der Waals surface area contributed by atoms with E-state index in [4.69, 9.17) is 4.74 Å². The SMILES string of the molecule is O=C(COc1ccccc1F)NCCc1csc(N2CCCC2)n1. The van der Waals surface area contributed by atoms with E-state index in [1.807, 2.05) is 5.38 Å². The van der Waals surface area contributed by atoms with Gasteiger partial charge in [0, 0.05) is 31.4 Å². The van der Waals surface area contributed by atoms with Crippen LogP contribution in [0.5, 0.6) is 5.75 Å². The van der Waals surface area contributed by atoms with Crippen molar-refractivity contribution in [3.8, 4) is 5.75 Å². The fourth-order valence-electron chi connectivity index (χ4n) is 2.55. The van der Waals surface area contributed by atoms with E-state index in [1.165, 1.54) is 25.0 Å². The van der Waals surface area contributed by atoms with E-state index >= 15 is 0 Å². The number of benzene rings is 1. The summed E-state index contributed by atoms with van der Waals surface area (Å²) in [7, 11) is 0. The largest absolute Gasteiger partial charge is 0.481 e. The van der Waals surface area contributed by atoms with Crippen LogP contribution < -0.4 is 15.0 Å². The summed E-state index contributed by atoms with van der Waals surface area (Å²) in [6.07, 6.45) is 3.13. The lowest BCUT2D eigenvalue weighted by atomic mass is 10.3. The van der Waals surface area contributed by atoms with Crippen LogP contribution in [0.3, 0.4) is 0 Å². The van der Waals surface area contributed by atoms with Crippen molar-refractivity contribution in [1.29, 1.82) is 0 Å². The lowest BCUT2D eigenvalue weighted by molar-refractivity contribution is -0.123. The van der Waals surface area contributed by atoms with E-state index in [0.29, 0.717) is 13.0 Å². The minimum atomic E-state index is -0.470. The maximum absolute atomic E-state index is 13.4. The third-order valence-corrected chi connectivity index (χ3v) is 4.77. The number of aromatic nitrogens is 1. The molecular formula is C17H20FN3O2S. The molecule has 2 aromatic rings. The molecule has 1 aliphatic heterocycles. The topological polar surface area (TPSA) is 54.5 Å². The van der Waals surface area contributed by atoms with Gasteiger partial charge in [0.05, 0.1) is 5.69 Å². The number of amides is 1. The normalized spacial score (nSPS) is 14.0. The van der Waals surface area contributed by atoms with Crippen molar-refractivity contribution in [3.05, 3.63) is 41.2 Å². The second-order valence-electron chi connectivity index (χ2n) is 5.63. The van der Waals surface area contributed by atoms with Crippen LogP contribution in [0.15, 0.2) is 29.6 Å². The molecule has 7 heteroatoms. The Bertz CT molecular complexity index is 686. The number of anilines is 1. The molecule has 1 amide bonds. The number of ether oxygens (including phenoxy) is 1. The molecule has 5 nitrogen and oxygen atoms in total. The van der Waals surface area contributed by atoms with Gasteiger partial charge in [-0.05, 0) is 25.0 Å². The molecule has 1 N–H and O–H groups in total. The van der Waals surface area contributed by atoms with Gasteiger partial charge < -0.3 is 15.0 Å². The first-order valence-electron chi connectivity index (χ1n) is 8.06. The second kappa shape index (κ2) is 8.10. The molecule has 1 aromatic carbocycles. The summed E-state index contributed by atoms with van der Waals surface area (Å²) in [6.45, 7) is 2.45. The molecule has 0 spiro atoms. The highest BCUT2D eigenvalue weighted by molar-refractivity contribution is 7.13. The van der Waals surface area contributed by atoms with Crippen molar-refractivity contribution in [2.75, 3.05) is 31.1 Å². The number of nitrogens with one attached hydrogen (secondary N) is 1. The average molecular weight is 349 g/mol. The third-order valence-electron chi connectivity index (χ3n) is 3.81. The molecule has 2 heterocycles. The van der Waals surface area contributed by atoms with Crippen molar-refractivity contribution in [1.82, 2.24) is 10.3 Å². The van der Waals surface area contributed by atoms with Crippen molar-refractivity contribution in [2.45, 2.75) is 19.3 Å². The zero-order valence-electron chi connectivity index (χ0n) is 13.3. The Labute approximate surface area is 144 Å². The van der Waals surface area contributed by atoms with E-state index < -0.39 is 5.82 Å². The first kappa shape index (κ1) is 16.7. The Morgan fingerprint density at radius 3 is 2.92 bits per heavy atom. The van der Waals surface area contributed by atoms with E-state index in [-0.39, 0.29) is 18.3 Å². The van der Waals surface area contributed by atoms with Gasteiger partial charge in [0.2, 0.25) is 0 Å². The van der Waals surface area contributed by atoms with E-state index in [1.54, 1.807) is 23.5 Å². The molecule has 1 saturated heterocycles. The van der Waals surface area contributed by atoms with Crippen molar-refractivity contribution < 1.29 is 13.9 Å². The van der Waals surface area contributed by atoms with Gasteiger partial charge in [0.25, 0.3) is 5.91 Å². The van der Waals surface area contributed by atoms with Crippen LogP contribution in [0.2, 0.25) is 0 Å². The summed E-state index contributed by atoms with van der Waals surface area (Å²) in [5.41, 5.74) is 0.984. The number of hydrogen-bond donors (Lipinski definition) is 1. The van der Waals surface area contributed by atoms with Crippen LogP contribution >= 0.6 is 11.3 Å². The molecule has 24 heavy (non-hydrogen) atoms. The lowest BCUT2D eigenvalue weighted by Crippen LogP contribution is -2.30. The number of halogens is 1. The zero-order valence-corrected chi connectivity index (χ0v) is 14.2.